The third-order valence-electron chi connectivity index (χ3n) is 3.56. The van der Waals surface area contributed by atoms with Gasteiger partial charge in [-0.15, -0.1) is 0 Å². The van der Waals surface area contributed by atoms with E-state index in [1.807, 2.05) is 0 Å². The van der Waals surface area contributed by atoms with E-state index >= 15 is 0 Å². The minimum atomic E-state index is 1.04. The van der Waals surface area contributed by atoms with E-state index in [2.05, 4.69) is 55.5 Å². The maximum Gasteiger partial charge on any atom is 0.0458 e. The van der Waals surface area contributed by atoms with Gasteiger partial charge < -0.3 is 10.3 Å². The second kappa shape index (κ2) is 5.43. The van der Waals surface area contributed by atoms with Crippen molar-refractivity contribution in [2.75, 3.05) is 26.2 Å². The number of benzene rings is 1. The third-order valence-corrected chi connectivity index (χ3v) is 4.05. The largest absolute Gasteiger partial charge is 0.361 e. The maximum atomic E-state index is 3.55. The number of hydrogen-bond donors (Lipinski definition) is 2. The second-order valence-electron chi connectivity index (χ2n) is 4.88. The molecule has 1 fully saturated rings. The molecule has 0 radical (unpaired) electrons. The van der Waals surface area contributed by atoms with Gasteiger partial charge >= 0.3 is 0 Å². The fourth-order valence-corrected chi connectivity index (χ4v) is 2.94. The van der Waals surface area contributed by atoms with Crippen LogP contribution < -0.4 is 5.32 Å². The predicted molar refractivity (Wildman–Crippen MR) is 78.8 cm³/mol. The Kier molecular flexibility index (Phi) is 3.68. The summed E-state index contributed by atoms with van der Waals surface area (Å²) in [5, 5.41) is 4.78. The number of halogens is 1. The summed E-state index contributed by atoms with van der Waals surface area (Å²) < 4.78 is 1.15. The van der Waals surface area contributed by atoms with Crippen molar-refractivity contribution in [3.63, 3.8) is 0 Å². The lowest BCUT2D eigenvalue weighted by molar-refractivity contribution is 0.285. The number of rotatable bonds is 2. The monoisotopic (exact) mass is 307 g/mol. The maximum absolute atomic E-state index is 3.55. The Bertz CT molecular complexity index is 527. The number of nitrogens with one attached hydrogen (secondary N) is 2. The molecule has 0 aliphatic carbocycles. The topological polar surface area (TPSA) is 31.1 Å². The lowest BCUT2D eigenvalue weighted by atomic mass is 10.1. The number of aromatic nitrogens is 1. The Labute approximate surface area is 116 Å². The zero-order valence-electron chi connectivity index (χ0n) is 10.4. The molecule has 1 aromatic heterocycles. The van der Waals surface area contributed by atoms with Crippen LogP contribution in [0.2, 0.25) is 0 Å². The van der Waals surface area contributed by atoms with Gasteiger partial charge in [-0.25, -0.2) is 0 Å². The predicted octanol–water partition coefficient (Wildman–Crippen LogP) is 2.73. The van der Waals surface area contributed by atoms with Crippen LogP contribution in [0.4, 0.5) is 0 Å². The van der Waals surface area contributed by atoms with Crippen LogP contribution in [0.1, 0.15) is 12.0 Å². The molecular formula is C14H18BrN3. The number of fused-ring (bicyclic) bond motifs is 1. The van der Waals surface area contributed by atoms with Gasteiger partial charge in [-0.1, -0.05) is 15.9 Å². The van der Waals surface area contributed by atoms with E-state index in [0.29, 0.717) is 0 Å². The molecule has 0 amide bonds. The minimum absolute atomic E-state index is 1.04. The highest BCUT2D eigenvalue weighted by Crippen LogP contribution is 2.23. The molecule has 1 aromatic carbocycles. The van der Waals surface area contributed by atoms with Crippen molar-refractivity contribution in [2.45, 2.75) is 13.0 Å². The van der Waals surface area contributed by atoms with Crippen LogP contribution in [-0.2, 0) is 6.54 Å². The Hall–Kier alpha value is -0.840. The number of nitrogens with zero attached hydrogens (tertiary/aromatic N) is 1. The molecule has 4 heteroatoms. The van der Waals surface area contributed by atoms with Gasteiger partial charge in [-0.3, -0.25) is 4.90 Å². The molecule has 3 nitrogen and oxygen atoms in total. The van der Waals surface area contributed by atoms with E-state index in [4.69, 9.17) is 0 Å². The summed E-state index contributed by atoms with van der Waals surface area (Å²) in [6.45, 7) is 5.62. The molecule has 0 atom stereocenters. The zero-order chi connectivity index (χ0) is 12.4. The molecule has 96 valence electrons. The molecule has 1 aliphatic rings. The lowest BCUT2D eigenvalue weighted by Gasteiger charge is -2.18. The van der Waals surface area contributed by atoms with Gasteiger partial charge in [0.05, 0.1) is 0 Å². The van der Waals surface area contributed by atoms with Crippen LogP contribution in [0.3, 0.4) is 0 Å². The van der Waals surface area contributed by atoms with Crippen LogP contribution in [0, 0.1) is 0 Å². The number of hydrogen-bond acceptors (Lipinski definition) is 2. The average molecular weight is 308 g/mol. The van der Waals surface area contributed by atoms with Crippen LogP contribution >= 0.6 is 15.9 Å². The summed E-state index contributed by atoms with van der Waals surface area (Å²) in [7, 11) is 0. The molecule has 1 aliphatic heterocycles. The molecular weight excluding hydrogens is 290 g/mol. The average Bonchev–Trinajstić information content (AvgIpc) is 2.60. The van der Waals surface area contributed by atoms with Crippen molar-refractivity contribution in [2.24, 2.45) is 0 Å². The molecule has 18 heavy (non-hydrogen) atoms. The number of aromatic amines is 1. The third kappa shape index (κ3) is 2.60. The highest BCUT2D eigenvalue weighted by Gasteiger charge is 2.11. The molecule has 0 bridgehead atoms. The fourth-order valence-electron chi connectivity index (χ4n) is 2.58. The first-order valence-electron chi connectivity index (χ1n) is 6.51. The fraction of sp³-hybridized carbons (Fsp3) is 0.429. The summed E-state index contributed by atoms with van der Waals surface area (Å²) in [5.74, 6) is 0. The molecule has 2 N–H and O–H groups in total. The van der Waals surface area contributed by atoms with Crippen molar-refractivity contribution < 1.29 is 0 Å². The van der Waals surface area contributed by atoms with Crippen molar-refractivity contribution in [1.82, 2.24) is 15.2 Å². The van der Waals surface area contributed by atoms with E-state index in [9.17, 15) is 0 Å². The van der Waals surface area contributed by atoms with Crippen LogP contribution in [0.25, 0.3) is 10.9 Å². The van der Waals surface area contributed by atoms with E-state index in [0.717, 1.165) is 30.7 Å². The molecule has 2 heterocycles. The molecule has 0 spiro atoms. The van der Waals surface area contributed by atoms with Crippen molar-refractivity contribution in [1.29, 1.82) is 0 Å². The van der Waals surface area contributed by atoms with Gasteiger partial charge in [0.25, 0.3) is 0 Å². The summed E-state index contributed by atoms with van der Waals surface area (Å²) in [4.78, 5) is 5.89. The summed E-state index contributed by atoms with van der Waals surface area (Å²) in [6, 6.07) is 6.42. The van der Waals surface area contributed by atoms with Gasteiger partial charge in [-0.2, -0.15) is 0 Å². The summed E-state index contributed by atoms with van der Waals surface area (Å²) in [6.07, 6.45) is 3.39. The van der Waals surface area contributed by atoms with Gasteiger partial charge in [0, 0.05) is 41.2 Å². The van der Waals surface area contributed by atoms with Gasteiger partial charge in [0.1, 0.15) is 0 Å². The number of H-pyrrole nitrogens is 1. The van der Waals surface area contributed by atoms with E-state index in [1.165, 1.54) is 29.4 Å². The van der Waals surface area contributed by atoms with E-state index < -0.39 is 0 Å². The van der Waals surface area contributed by atoms with Crippen molar-refractivity contribution in [3.8, 4) is 0 Å². The summed E-state index contributed by atoms with van der Waals surface area (Å²) >= 11 is 3.55. The smallest absolute Gasteiger partial charge is 0.0458 e. The normalized spacial score (nSPS) is 18.1. The quantitative estimate of drug-likeness (QED) is 0.894. The first-order chi connectivity index (χ1) is 8.83. The molecule has 1 saturated heterocycles. The molecule has 0 unspecified atom stereocenters. The van der Waals surface area contributed by atoms with Gasteiger partial charge in [0.2, 0.25) is 0 Å². The Morgan fingerprint density at radius 1 is 1.22 bits per heavy atom. The van der Waals surface area contributed by atoms with E-state index in [1.54, 1.807) is 0 Å². The van der Waals surface area contributed by atoms with Gasteiger partial charge in [0.15, 0.2) is 0 Å². The highest BCUT2D eigenvalue weighted by molar-refractivity contribution is 9.10. The van der Waals surface area contributed by atoms with Gasteiger partial charge in [-0.05, 0) is 43.3 Å². The van der Waals surface area contributed by atoms with Crippen molar-refractivity contribution in [3.05, 3.63) is 34.4 Å². The van der Waals surface area contributed by atoms with Crippen molar-refractivity contribution >= 4 is 26.8 Å². The highest BCUT2D eigenvalue weighted by atomic mass is 79.9. The zero-order valence-corrected chi connectivity index (χ0v) is 12.0. The van der Waals surface area contributed by atoms with Crippen LogP contribution in [0.15, 0.2) is 28.9 Å². The van der Waals surface area contributed by atoms with Crippen LogP contribution in [0.5, 0.6) is 0 Å². The second-order valence-corrected chi connectivity index (χ2v) is 5.80. The molecule has 3 rings (SSSR count). The Morgan fingerprint density at radius 3 is 3.11 bits per heavy atom. The molecule has 2 aromatic rings. The van der Waals surface area contributed by atoms with E-state index in [-0.39, 0.29) is 0 Å². The SMILES string of the molecule is Brc1ccc2[nH]cc(CN3CCCNCC3)c2c1. The minimum Gasteiger partial charge on any atom is -0.361 e. The summed E-state index contributed by atoms with van der Waals surface area (Å²) in [5.41, 5.74) is 2.62. The first-order valence-corrected chi connectivity index (χ1v) is 7.31. The van der Waals surface area contributed by atoms with Crippen LogP contribution in [-0.4, -0.2) is 36.1 Å². The Balaban J connectivity index is 1.83. The molecule has 0 saturated carbocycles. The Morgan fingerprint density at radius 2 is 2.17 bits per heavy atom. The lowest BCUT2D eigenvalue weighted by Crippen LogP contribution is -2.27. The first kappa shape index (κ1) is 12.2. The standard InChI is InChI=1S/C14H18BrN3/c15-12-2-3-14-13(8-12)11(9-17-14)10-18-6-1-4-16-5-7-18/h2-3,8-9,16-17H,1,4-7,10H2.